The van der Waals surface area contributed by atoms with E-state index in [-0.39, 0.29) is 11.3 Å². The predicted octanol–water partition coefficient (Wildman–Crippen LogP) is 2.71. The molecule has 0 aliphatic heterocycles. The molecular formula is C13H6F2N2O. The molecule has 2 aromatic rings. The van der Waals surface area contributed by atoms with Crippen LogP contribution in [0.1, 0.15) is 15.9 Å². The molecular weight excluding hydrogens is 238 g/mol. The number of carbonyl (C=O) groups is 1. The molecule has 0 radical (unpaired) electrons. The standard InChI is InChI=1S/C13H6F2N2O/c14-11-2-1-9(13(15)10(11)6-16)12-5-8(7-18)3-4-17-12/h1-5,7H. The van der Waals surface area contributed by atoms with Crippen molar-refractivity contribution in [3.8, 4) is 17.3 Å². The molecule has 3 nitrogen and oxygen atoms in total. The summed E-state index contributed by atoms with van der Waals surface area (Å²) in [5, 5.41) is 8.66. The Morgan fingerprint density at radius 3 is 2.72 bits per heavy atom. The molecule has 0 spiro atoms. The first-order chi connectivity index (χ1) is 8.67. The highest BCUT2D eigenvalue weighted by molar-refractivity contribution is 5.77. The minimum Gasteiger partial charge on any atom is -0.298 e. The number of pyridine rings is 1. The van der Waals surface area contributed by atoms with Crippen molar-refractivity contribution in [2.24, 2.45) is 0 Å². The van der Waals surface area contributed by atoms with Crippen LogP contribution in [0.4, 0.5) is 8.78 Å². The normalized spacial score (nSPS) is 9.83. The average molecular weight is 244 g/mol. The lowest BCUT2D eigenvalue weighted by atomic mass is 10.1. The Kier molecular flexibility index (Phi) is 3.11. The molecule has 0 atom stereocenters. The van der Waals surface area contributed by atoms with Crippen molar-refractivity contribution in [2.45, 2.75) is 0 Å². The van der Waals surface area contributed by atoms with Crippen molar-refractivity contribution >= 4 is 6.29 Å². The van der Waals surface area contributed by atoms with E-state index in [1.165, 1.54) is 30.5 Å². The van der Waals surface area contributed by atoms with Crippen LogP contribution in [0.5, 0.6) is 0 Å². The van der Waals surface area contributed by atoms with Gasteiger partial charge in [-0.25, -0.2) is 8.78 Å². The molecule has 5 heteroatoms. The van der Waals surface area contributed by atoms with Gasteiger partial charge in [0.05, 0.1) is 5.69 Å². The van der Waals surface area contributed by atoms with Crippen molar-refractivity contribution in [1.29, 1.82) is 5.26 Å². The van der Waals surface area contributed by atoms with Gasteiger partial charge in [0.2, 0.25) is 0 Å². The number of nitriles is 1. The quantitative estimate of drug-likeness (QED) is 0.763. The van der Waals surface area contributed by atoms with Crippen LogP contribution >= 0.6 is 0 Å². The van der Waals surface area contributed by atoms with Gasteiger partial charge < -0.3 is 0 Å². The molecule has 1 heterocycles. The zero-order valence-electron chi connectivity index (χ0n) is 9.02. The fourth-order valence-corrected chi connectivity index (χ4v) is 1.52. The second kappa shape index (κ2) is 4.72. The van der Waals surface area contributed by atoms with Crippen molar-refractivity contribution < 1.29 is 13.6 Å². The maximum absolute atomic E-state index is 13.9. The molecule has 1 aromatic carbocycles. The average Bonchev–Trinajstić information content (AvgIpc) is 2.39. The number of halogens is 2. The number of benzene rings is 1. The molecule has 0 saturated carbocycles. The van der Waals surface area contributed by atoms with Crippen LogP contribution in [0, 0.1) is 23.0 Å². The SMILES string of the molecule is N#Cc1c(F)ccc(-c2cc(C=O)ccn2)c1F. The molecule has 0 amide bonds. The van der Waals surface area contributed by atoms with E-state index in [1.807, 2.05) is 0 Å². The summed E-state index contributed by atoms with van der Waals surface area (Å²) in [5.41, 5.74) is -0.182. The third-order valence-corrected chi connectivity index (χ3v) is 2.40. The first kappa shape index (κ1) is 11.9. The second-order valence-electron chi connectivity index (χ2n) is 3.49. The van der Waals surface area contributed by atoms with Gasteiger partial charge in [0.15, 0.2) is 5.82 Å². The molecule has 88 valence electrons. The van der Waals surface area contributed by atoms with Crippen molar-refractivity contribution in [3.63, 3.8) is 0 Å². The molecule has 0 aliphatic carbocycles. The highest BCUT2D eigenvalue weighted by Crippen LogP contribution is 2.25. The maximum Gasteiger partial charge on any atom is 0.153 e. The summed E-state index contributed by atoms with van der Waals surface area (Å²) in [6, 6.07) is 6.46. The number of aromatic nitrogens is 1. The summed E-state index contributed by atoms with van der Waals surface area (Å²) < 4.78 is 27.0. The van der Waals surface area contributed by atoms with E-state index in [9.17, 15) is 13.6 Å². The maximum atomic E-state index is 13.9. The minimum atomic E-state index is -0.979. The Labute approximate surface area is 101 Å². The van der Waals surface area contributed by atoms with Gasteiger partial charge in [-0.2, -0.15) is 5.26 Å². The van der Waals surface area contributed by atoms with Crippen LogP contribution in [-0.4, -0.2) is 11.3 Å². The molecule has 0 fully saturated rings. The largest absolute Gasteiger partial charge is 0.298 e. The van der Waals surface area contributed by atoms with Crippen LogP contribution in [0.25, 0.3) is 11.3 Å². The Morgan fingerprint density at radius 1 is 1.28 bits per heavy atom. The first-order valence-corrected chi connectivity index (χ1v) is 4.97. The first-order valence-electron chi connectivity index (χ1n) is 4.97. The Hall–Kier alpha value is -2.61. The van der Waals surface area contributed by atoms with E-state index in [4.69, 9.17) is 5.26 Å². The number of hydrogen-bond donors (Lipinski definition) is 0. The summed E-state index contributed by atoms with van der Waals surface area (Å²) in [7, 11) is 0. The predicted molar refractivity (Wildman–Crippen MR) is 59.7 cm³/mol. The minimum absolute atomic E-state index is 0.0170. The van der Waals surface area contributed by atoms with E-state index < -0.39 is 17.2 Å². The molecule has 18 heavy (non-hydrogen) atoms. The number of aldehydes is 1. The summed E-state index contributed by atoms with van der Waals surface area (Å²) in [6.07, 6.45) is 1.94. The number of rotatable bonds is 2. The Balaban J connectivity index is 2.65. The smallest absolute Gasteiger partial charge is 0.153 e. The van der Waals surface area contributed by atoms with Crippen LogP contribution in [0.15, 0.2) is 30.5 Å². The molecule has 0 unspecified atom stereocenters. The summed E-state index contributed by atoms with van der Waals surface area (Å²) >= 11 is 0. The van der Waals surface area contributed by atoms with Gasteiger partial charge >= 0.3 is 0 Å². The van der Waals surface area contributed by atoms with Crippen LogP contribution in [0.3, 0.4) is 0 Å². The fourth-order valence-electron chi connectivity index (χ4n) is 1.52. The molecule has 1 aromatic heterocycles. The van der Waals surface area contributed by atoms with Crippen molar-refractivity contribution in [1.82, 2.24) is 4.98 Å². The van der Waals surface area contributed by atoms with Gasteiger partial charge in [0.25, 0.3) is 0 Å². The van der Waals surface area contributed by atoms with E-state index in [0.29, 0.717) is 11.8 Å². The molecule has 2 rings (SSSR count). The molecule has 0 aliphatic rings. The molecule has 0 bridgehead atoms. The lowest BCUT2D eigenvalue weighted by Gasteiger charge is -2.05. The number of hydrogen-bond acceptors (Lipinski definition) is 3. The van der Waals surface area contributed by atoms with Crippen LogP contribution < -0.4 is 0 Å². The highest BCUT2D eigenvalue weighted by Gasteiger charge is 2.15. The van der Waals surface area contributed by atoms with Crippen molar-refractivity contribution in [2.75, 3.05) is 0 Å². The van der Waals surface area contributed by atoms with Gasteiger partial charge in [-0.3, -0.25) is 9.78 Å². The van der Waals surface area contributed by atoms with Gasteiger partial charge in [0, 0.05) is 17.3 Å². The Bertz CT molecular complexity index is 663. The molecule has 0 saturated heterocycles. The van der Waals surface area contributed by atoms with E-state index in [2.05, 4.69) is 4.98 Å². The monoisotopic (exact) mass is 244 g/mol. The van der Waals surface area contributed by atoms with Gasteiger partial charge in [-0.15, -0.1) is 0 Å². The Morgan fingerprint density at radius 2 is 2.06 bits per heavy atom. The van der Waals surface area contributed by atoms with Gasteiger partial charge in [-0.05, 0) is 24.3 Å². The summed E-state index contributed by atoms with van der Waals surface area (Å²) in [6.45, 7) is 0. The highest BCUT2D eigenvalue weighted by atomic mass is 19.1. The van der Waals surface area contributed by atoms with Crippen LogP contribution in [0.2, 0.25) is 0 Å². The number of carbonyl (C=O) groups excluding carboxylic acids is 1. The van der Waals surface area contributed by atoms with E-state index >= 15 is 0 Å². The zero-order valence-corrected chi connectivity index (χ0v) is 9.02. The zero-order chi connectivity index (χ0) is 13.1. The molecule has 0 N–H and O–H groups in total. The van der Waals surface area contributed by atoms with Gasteiger partial charge in [0.1, 0.15) is 23.7 Å². The van der Waals surface area contributed by atoms with Crippen LogP contribution in [-0.2, 0) is 0 Å². The van der Waals surface area contributed by atoms with Gasteiger partial charge in [-0.1, -0.05) is 0 Å². The summed E-state index contributed by atoms with van der Waals surface area (Å²) in [4.78, 5) is 14.5. The third kappa shape index (κ3) is 1.96. The van der Waals surface area contributed by atoms with Crippen molar-refractivity contribution in [3.05, 3.63) is 53.2 Å². The lowest BCUT2D eigenvalue weighted by molar-refractivity contribution is 0.112. The second-order valence-corrected chi connectivity index (χ2v) is 3.49. The fraction of sp³-hybridized carbons (Fsp3) is 0. The topological polar surface area (TPSA) is 53.8 Å². The summed E-state index contributed by atoms with van der Waals surface area (Å²) in [5.74, 6) is -1.90. The third-order valence-electron chi connectivity index (χ3n) is 2.40. The van der Waals surface area contributed by atoms with E-state index in [1.54, 1.807) is 0 Å². The lowest BCUT2D eigenvalue weighted by Crippen LogP contribution is -1.96. The van der Waals surface area contributed by atoms with E-state index in [0.717, 1.165) is 6.07 Å². The number of nitrogens with zero attached hydrogens (tertiary/aromatic N) is 2.